The summed E-state index contributed by atoms with van der Waals surface area (Å²) in [6.07, 6.45) is 8.98. The molecule has 9 aromatic carbocycles. The van der Waals surface area contributed by atoms with Gasteiger partial charge in [-0.2, -0.15) is 0 Å². The molecule has 0 spiro atoms. The van der Waals surface area contributed by atoms with Gasteiger partial charge in [0.2, 0.25) is 0 Å². The van der Waals surface area contributed by atoms with Gasteiger partial charge in [-0.05, 0) is 165 Å². The van der Waals surface area contributed by atoms with Gasteiger partial charge in [0.25, 0.3) is 0 Å². The first-order chi connectivity index (χ1) is 33.9. The Bertz CT molecular complexity index is 3220. The van der Waals surface area contributed by atoms with Crippen molar-refractivity contribution in [2.45, 2.75) is 66.2 Å². The van der Waals surface area contributed by atoms with E-state index >= 15 is 0 Å². The van der Waals surface area contributed by atoms with Crippen LogP contribution in [0.25, 0.3) is 46.6 Å². The van der Waals surface area contributed by atoms with Crippen LogP contribution in [-0.2, 0) is 10.8 Å². The maximum absolute atomic E-state index is 2.43. The highest BCUT2D eigenvalue weighted by Gasteiger charge is 2.38. The summed E-state index contributed by atoms with van der Waals surface area (Å²) in [5.74, 6) is 0. The van der Waals surface area contributed by atoms with Crippen molar-refractivity contribution in [3.8, 4) is 22.3 Å². The highest BCUT2D eigenvalue weighted by atomic mass is 15.2. The zero-order valence-electron chi connectivity index (χ0n) is 41.7. The van der Waals surface area contributed by atoms with Crippen LogP contribution in [-0.4, -0.2) is 0 Å². The second-order valence-electron chi connectivity index (χ2n) is 20.5. The summed E-state index contributed by atoms with van der Waals surface area (Å²) in [6.45, 7) is 18.3. The number of fused-ring (bicyclic) bond motifs is 6. The molecule has 342 valence electrons. The van der Waals surface area contributed by atoms with E-state index in [0.29, 0.717) is 0 Å². The van der Waals surface area contributed by atoms with E-state index in [1.54, 1.807) is 0 Å². The first-order valence-electron chi connectivity index (χ1n) is 24.7. The lowest BCUT2D eigenvalue weighted by atomic mass is 9.81. The molecule has 0 saturated carbocycles. The smallest absolute Gasteiger partial charge is 0.0490 e. The average molecular weight is 905 g/mol. The summed E-state index contributed by atoms with van der Waals surface area (Å²) < 4.78 is 0. The minimum atomic E-state index is -0.157. The van der Waals surface area contributed by atoms with E-state index in [9.17, 15) is 0 Å². The van der Waals surface area contributed by atoms with Crippen LogP contribution >= 0.6 is 0 Å². The molecule has 0 atom stereocenters. The third-order valence-electron chi connectivity index (χ3n) is 15.2. The Kier molecular flexibility index (Phi) is 11.2. The molecule has 2 aliphatic carbocycles. The van der Waals surface area contributed by atoms with Gasteiger partial charge < -0.3 is 9.80 Å². The first-order valence-corrected chi connectivity index (χ1v) is 24.7. The molecule has 11 rings (SSSR count). The number of nitrogens with zero attached hydrogens (tertiary/aromatic N) is 2. The van der Waals surface area contributed by atoms with Gasteiger partial charge in [-0.1, -0.05) is 198 Å². The summed E-state index contributed by atoms with van der Waals surface area (Å²) in [5.41, 5.74) is 27.3. The van der Waals surface area contributed by atoms with Crippen molar-refractivity contribution in [3.63, 3.8) is 0 Å². The maximum atomic E-state index is 2.43. The minimum Gasteiger partial charge on any atom is -0.310 e. The highest BCUT2D eigenvalue weighted by Crippen LogP contribution is 2.53. The molecular formula is C68H60N2. The fourth-order valence-corrected chi connectivity index (χ4v) is 11.1. The van der Waals surface area contributed by atoms with Gasteiger partial charge in [0, 0.05) is 45.0 Å². The van der Waals surface area contributed by atoms with Crippen LogP contribution in [0.4, 0.5) is 34.1 Å². The van der Waals surface area contributed by atoms with Crippen LogP contribution in [0.1, 0.15) is 94.5 Å². The zero-order chi connectivity index (χ0) is 48.3. The molecule has 0 fully saturated rings. The van der Waals surface area contributed by atoms with Crippen LogP contribution in [0.5, 0.6) is 0 Å². The van der Waals surface area contributed by atoms with Gasteiger partial charge in [0.15, 0.2) is 0 Å². The van der Waals surface area contributed by atoms with E-state index in [-0.39, 0.29) is 10.8 Å². The van der Waals surface area contributed by atoms with Crippen LogP contribution in [0.3, 0.4) is 0 Å². The Balaban J connectivity index is 0.806. The molecule has 0 N–H and O–H groups in total. The van der Waals surface area contributed by atoms with Crippen LogP contribution in [0.15, 0.2) is 194 Å². The topological polar surface area (TPSA) is 6.48 Å². The largest absolute Gasteiger partial charge is 0.310 e. The molecule has 9 aromatic rings. The summed E-state index contributed by atoms with van der Waals surface area (Å²) in [4.78, 5) is 4.85. The highest BCUT2D eigenvalue weighted by molar-refractivity contribution is 5.90. The summed E-state index contributed by atoms with van der Waals surface area (Å²) in [7, 11) is 0. The molecule has 2 heteroatoms. The fourth-order valence-electron chi connectivity index (χ4n) is 11.1. The lowest BCUT2D eigenvalue weighted by Crippen LogP contribution is -2.17. The number of rotatable bonds is 10. The Hall–Kier alpha value is -7.94. The van der Waals surface area contributed by atoms with E-state index in [1.165, 1.54) is 123 Å². The number of hydrogen-bond acceptors (Lipinski definition) is 2. The van der Waals surface area contributed by atoms with Gasteiger partial charge >= 0.3 is 0 Å². The molecule has 0 amide bonds. The number of para-hydroxylation sites is 4. The monoisotopic (exact) mass is 904 g/mol. The number of benzene rings is 9. The normalized spacial score (nSPS) is 13.8. The minimum absolute atomic E-state index is 0.157. The summed E-state index contributed by atoms with van der Waals surface area (Å²) in [6, 6.07) is 71.7. The van der Waals surface area contributed by atoms with Crippen molar-refractivity contribution >= 4 is 58.4 Å². The van der Waals surface area contributed by atoms with E-state index in [2.05, 4.69) is 284 Å². The molecule has 2 aliphatic rings. The summed E-state index contributed by atoms with van der Waals surface area (Å²) in [5, 5.41) is 0. The van der Waals surface area contributed by atoms with E-state index in [4.69, 9.17) is 0 Å². The average Bonchev–Trinajstić information content (AvgIpc) is 3.73. The van der Waals surface area contributed by atoms with Crippen molar-refractivity contribution in [1.29, 1.82) is 0 Å². The molecule has 0 unspecified atom stereocenters. The third-order valence-corrected chi connectivity index (χ3v) is 15.2. The Morgan fingerprint density at radius 2 is 0.543 bits per heavy atom. The van der Waals surface area contributed by atoms with Crippen molar-refractivity contribution in [1.82, 2.24) is 0 Å². The Morgan fingerprint density at radius 1 is 0.286 bits per heavy atom. The lowest BCUT2D eigenvalue weighted by Gasteiger charge is -2.30. The van der Waals surface area contributed by atoms with Gasteiger partial charge in [-0.15, -0.1) is 0 Å². The lowest BCUT2D eigenvalue weighted by molar-refractivity contribution is 0.660. The quantitative estimate of drug-likeness (QED) is 0.126. The van der Waals surface area contributed by atoms with Crippen molar-refractivity contribution < 1.29 is 0 Å². The van der Waals surface area contributed by atoms with E-state index in [0.717, 1.165) is 0 Å². The molecule has 0 aliphatic heterocycles. The standard InChI is InChI=1S/C68H60N2/c1-45-17-9-13-21-63(45)69(64-22-14-10-18-46(64)2)53-35-39-57-55-37-33-51(41-59(55)67(5,6)61(57)43-53)31-29-49-25-27-50(28-26-49)30-32-52-34-38-56-58-40-36-54(44-62(58)68(7,8)60(56)42-52)70(65-23-15-11-19-47(65)3)66-24-16-12-20-48(66)4/h9-44H,1-8H3. The van der Waals surface area contributed by atoms with E-state index in [1.807, 2.05) is 0 Å². The van der Waals surface area contributed by atoms with Crippen LogP contribution < -0.4 is 9.80 Å². The zero-order valence-corrected chi connectivity index (χ0v) is 41.7. The van der Waals surface area contributed by atoms with Gasteiger partial charge in [-0.25, -0.2) is 0 Å². The van der Waals surface area contributed by atoms with Gasteiger partial charge in [0.05, 0.1) is 0 Å². The maximum Gasteiger partial charge on any atom is 0.0490 e. The molecule has 0 radical (unpaired) electrons. The first kappa shape index (κ1) is 44.6. The molecule has 0 heterocycles. The molecular weight excluding hydrogens is 845 g/mol. The SMILES string of the molecule is Cc1ccccc1N(c1ccc2c(c1)C(C)(C)c1cc(C=Cc3ccc(C=Cc4ccc5c(c4)C(C)(C)c4cc(N(c6ccccc6C)c6ccccc6C)ccc4-5)cc3)ccc1-2)c1ccccc1C. The van der Waals surface area contributed by atoms with Crippen molar-refractivity contribution in [2.24, 2.45) is 0 Å². The Morgan fingerprint density at radius 3 is 0.857 bits per heavy atom. The number of aryl methyl sites for hydroxylation is 4. The second kappa shape index (κ2) is 17.5. The molecule has 2 nitrogen and oxygen atoms in total. The van der Waals surface area contributed by atoms with Crippen molar-refractivity contribution in [3.05, 3.63) is 261 Å². The molecule has 70 heavy (non-hydrogen) atoms. The van der Waals surface area contributed by atoms with Gasteiger partial charge in [-0.3, -0.25) is 0 Å². The van der Waals surface area contributed by atoms with Crippen molar-refractivity contribution in [2.75, 3.05) is 9.80 Å². The Labute approximate surface area is 415 Å². The predicted octanol–water partition coefficient (Wildman–Crippen LogP) is 18.8. The van der Waals surface area contributed by atoms with E-state index < -0.39 is 0 Å². The third kappa shape index (κ3) is 7.78. The fraction of sp³-hybridized carbons (Fsp3) is 0.147. The molecule has 0 bridgehead atoms. The second-order valence-corrected chi connectivity index (χ2v) is 20.5. The predicted molar refractivity (Wildman–Crippen MR) is 301 cm³/mol. The summed E-state index contributed by atoms with van der Waals surface area (Å²) >= 11 is 0. The van der Waals surface area contributed by atoms with Crippen LogP contribution in [0.2, 0.25) is 0 Å². The number of anilines is 6. The van der Waals surface area contributed by atoms with Gasteiger partial charge in [0.1, 0.15) is 0 Å². The number of hydrogen-bond donors (Lipinski definition) is 0. The molecule has 0 aromatic heterocycles. The molecule has 0 saturated heterocycles. The van der Waals surface area contributed by atoms with Crippen LogP contribution in [0, 0.1) is 27.7 Å².